The molecule has 0 radical (unpaired) electrons. The predicted octanol–water partition coefficient (Wildman–Crippen LogP) is -1.10. The fraction of sp³-hybridized carbons (Fsp3) is 0.792. The highest BCUT2D eigenvalue weighted by Gasteiger charge is 2.44. The summed E-state index contributed by atoms with van der Waals surface area (Å²) in [6.45, 7) is 6.55. The molecule has 1 heterocycles. The van der Waals surface area contributed by atoms with Crippen molar-refractivity contribution in [2.24, 2.45) is 22.4 Å². The topological polar surface area (TPSA) is 218 Å². The molecule has 0 saturated heterocycles. The van der Waals surface area contributed by atoms with Crippen LogP contribution in [0.15, 0.2) is 16.8 Å². The summed E-state index contributed by atoms with van der Waals surface area (Å²) in [5.41, 5.74) is 10.9. The minimum atomic E-state index is -1.57. The fourth-order valence-electron chi connectivity index (χ4n) is 3.48. The Morgan fingerprint density at radius 2 is 1.59 bits per heavy atom. The van der Waals surface area contributed by atoms with Crippen LogP contribution in [0, 0.1) is 5.92 Å². The Morgan fingerprint density at radius 3 is 2.08 bits per heavy atom. The van der Waals surface area contributed by atoms with Gasteiger partial charge in [-0.25, -0.2) is 14.6 Å². The minimum Gasteiger partial charge on any atom is -0.479 e. The summed E-state index contributed by atoms with van der Waals surface area (Å²) >= 11 is 0. The molecule has 0 aliphatic carbocycles. The molecule has 0 unspecified atom stereocenters. The van der Waals surface area contributed by atoms with E-state index in [1.807, 2.05) is 6.92 Å². The number of carbonyl (C=O) groups excluding carboxylic acids is 1. The number of carbonyl (C=O) groups is 2. The smallest absolute Gasteiger partial charge is 0.410 e. The van der Waals surface area contributed by atoms with Gasteiger partial charge in [-0.3, -0.25) is 0 Å². The van der Waals surface area contributed by atoms with E-state index in [9.17, 15) is 24.9 Å². The first-order valence-corrected chi connectivity index (χ1v) is 12.8. The SMILES string of the molecule is CCCOCCOCCOCCOCCN(C)C(=O)O[C@@H]([C@H]1OC(C(=O)O)=C[C@@H](N=C(N)N)[C@@H]1C)[C@H](O)CO. The van der Waals surface area contributed by atoms with Gasteiger partial charge in [0.1, 0.15) is 12.2 Å². The van der Waals surface area contributed by atoms with E-state index in [-0.39, 0.29) is 19.1 Å². The van der Waals surface area contributed by atoms with Gasteiger partial charge in [0.25, 0.3) is 0 Å². The number of aliphatic carboxylic acids is 1. The molecule has 5 atom stereocenters. The maximum atomic E-state index is 12.7. The minimum absolute atomic E-state index is 0.152. The second kappa shape index (κ2) is 19.4. The van der Waals surface area contributed by atoms with E-state index in [1.165, 1.54) is 18.0 Å². The molecule has 1 rings (SSSR count). The first-order chi connectivity index (χ1) is 18.6. The van der Waals surface area contributed by atoms with E-state index in [0.717, 1.165) is 13.0 Å². The average molecular weight is 565 g/mol. The van der Waals surface area contributed by atoms with E-state index in [4.69, 9.17) is 39.9 Å². The van der Waals surface area contributed by atoms with Crippen molar-refractivity contribution in [2.45, 2.75) is 44.6 Å². The van der Waals surface area contributed by atoms with E-state index < -0.39 is 54.7 Å². The maximum Gasteiger partial charge on any atom is 0.410 e. The summed E-state index contributed by atoms with van der Waals surface area (Å²) in [5.74, 6) is -2.77. The van der Waals surface area contributed by atoms with Crippen molar-refractivity contribution in [3.8, 4) is 0 Å². The van der Waals surface area contributed by atoms with Crippen LogP contribution in [0.25, 0.3) is 0 Å². The number of carboxylic acid groups (broad SMARTS) is 1. The fourth-order valence-corrected chi connectivity index (χ4v) is 3.48. The van der Waals surface area contributed by atoms with Crippen molar-refractivity contribution in [1.29, 1.82) is 0 Å². The molecule has 0 bridgehead atoms. The molecule has 0 saturated carbocycles. The average Bonchev–Trinajstić information content (AvgIpc) is 2.90. The molecule has 0 aromatic carbocycles. The van der Waals surface area contributed by atoms with Crippen LogP contribution in [0.3, 0.4) is 0 Å². The number of aliphatic imine (C=N–C) groups is 1. The number of nitrogens with zero attached hydrogens (tertiary/aromatic N) is 2. The molecular weight excluding hydrogens is 520 g/mol. The molecule has 1 aliphatic heterocycles. The number of likely N-dealkylation sites (N-methyl/N-ethyl adjacent to an activating group) is 1. The molecule has 15 heteroatoms. The highest BCUT2D eigenvalue weighted by atomic mass is 16.6. The summed E-state index contributed by atoms with van der Waals surface area (Å²) < 4.78 is 32.5. The summed E-state index contributed by atoms with van der Waals surface area (Å²) in [5, 5.41) is 29.3. The van der Waals surface area contributed by atoms with E-state index in [1.54, 1.807) is 6.92 Å². The Labute approximate surface area is 228 Å². The molecule has 0 aromatic heterocycles. The number of hydrogen-bond donors (Lipinski definition) is 5. The largest absolute Gasteiger partial charge is 0.479 e. The summed E-state index contributed by atoms with van der Waals surface area (Å²) in [6, 6.07) is -0.827. The highest BCUT2D eigenvalue weighted by molar-refractivity contribution is 5.85. The van der Waals surface area contributed by atoms with Crippen LogP contribution in [0.5, 0.6) is 0 Å². The van der Waals surface area contributed by atoms with Gasteiger partial charge in [0.05, 0.1) is 58.9 Å². The van der Waals surface area contributed by atoms with Crippen molar-refractivity contribution in [3.63, 3.8) is 0 Å². The van der Waals surface area contributed by atoms with Crippen LogP contribution < -0.4 is 11.5 Å². The van der Waals surface area contributed by atoms with Gasteiger partial charge in [-0.15, -0.1) is 0 Å². The van der Waals surface area contributed by atoms with Gasteiger partial charge in [-0.05, 0) is 12.5 Å². The molecule has 0 spiro atoms. The lowest BCUT2D eigenvalue weighted by Crippen LogP contribution is -2.52. The van der Waals surface area contributed by atoms with Gasteiger partial charge in [0, 0.05) is 26.1 Å². The van der Waals surface area contributed by atoms with Gasteiger partial charge >= 0.3 is 12.1 Å². The second-order valence-corrected chi connectivity index (χ2v) is 8.79. The van der Waals surface area contributed by atoms with Crippen LogP contribution in [0.4, 0.5) is 4.79 Å². The van der Waals surface area contributed by atoms with E-state index in [2.05, 4.69) is 4.99 Å². The third kappa shape index (κ3) is 13.3. The van der Waals surface area contributed by atoms with Crippen molar-refractivity contribution in [2.75, 3.05) is 73.1 Å². The van der Waals surface area contributed by atoms with Crippen LogP contribution >= 0.6 is 0 Å². The van der Waals surface area contributed by atoms with Crippen LogP contribution in [0.1, 0.15) is 20.3 Å². The molecule has 7 N–H and O–H groups in total. The zero-order chi connectivity index (χ0) is 29.2. The van der Waals surface area contributed by atoms with Crippen LogP contribution in [-0.4, -0.2) is 136 Å². The number of ether oxygens (including phenoxy) is 6. The number of aliphatic hydroxyl groups excluding tert-OH is 2. The van der Waals surface area contributed by atoms with E-state index in [0.29, 0.717) is 39.6 Å². The molecule has 226 valence electrons. The normalized spacial score (nSPS) is 20.3. The Balaban J connectivity index is 2.50. The van der Waals surface area contributed by atoms with Crippen molar-refractivity contribution in [1.82, 2.24) is 4.90 Å². The number of rotatable bonds is 20. The Morgan fingerprint density at radius 1 is 1.05 bits per heavy atom. The number of hydrogen-bond acceptors (Lipinski definition) is 11. The Bertz CT molecular complexity index is 779. The number of amides is 1. The Hall–Kier alpha value is -2.69. The highest BCUT2D eigenvalue weighted by Crippen LogP contribution is 2.30. The maximum absolute atomic E-state index is 12.7. The second-order valence-electron chi connectivity index (χ2n) is 8.79. The van der Waals surface area contributed by atoms with Gasteiger partial charge in [0.2, 0.25) is 5.76 Å². The summed E-state index contributed by atoms with van der Waals surface area (Å²) in [6.07, 6.45) is -2.81. The monoisotopic (exact) mass is 564 g/mol. The third-order valence-corrected chi connectivity index (χ3v) is 5.63. The lowest BCUT2D eigenvalue weighted by molar-refractivity contribution is -0.147. The van der Waals surface area contributed by atoms with Crippen LogP contribution in [-0.2, 0) is 33.2 Å². The number of carboxylic acids is 1. The molecule has 0 fully saturated rings. The third-order valence-electron chi connectivity index (χ3n) is 5.63. The zero-order valence-electron chi connectivity index (χ0n) is 22.9. The van der Waals surface area contributed by atoms with Gasteiger partial charge in [0.15, 0.2) is 12.1 Å². The first-order valence-electron chi connectivity index (χ1n) is 12.8. The molecule has 15 nitrogen and oxygen atoms in total. The van der Waals surface area contributed by atoms with E-state index >= 15 is 0 Å². The summed E-state index contributed by atoms with van der Waals surface area (Å²) in [4.78, 5) is 29.5. The van der Waals surface area contributed by atoms with Crippen LogP contribution in [0.2, 0.25) is 0 Å². The van der Waals surface area contributed by atoms with Gasteiger partial charge < -0.3 is 60.1 Å². The van der Waals surface area contributed by atoms with Crippen molar-refractivity contribution in [3.05, 3.63) is 11.8 Å². The lowest BCUT2D eigenvalue weighted by Gasteiger charge is -2.38. The quantitative estimate of drug-likeness (QED) is 0.0674. The molecule has 0 aromatic rings. The molecule has 39 heavy (non-hydrogen) atoms. The van der Waals surface area contributed by atoms with Crippen molar-refractivity contribution >= 4 is 18.0 Å². The number of nitrogens with two attached hydrogens (primary N) is 2. The molecule has 1 amide bonds. The number of aliphatic hydroxyl groups is 2. The predicted molar refractivity (Wildman–Crippen MR) is 139 cm³/mol. The number of guanidine groups is 1. The standard InChI is InChI=1S/C24H44N4O11/c1-4-6-34-8-10-36-12-13-37-11-9-35-7-5-28(3)24(33)39-21(18(30)15-29)20-16(2)17(27-23(25)26)14-19(38-20)22(31)32/h14,16-18,20-21,29-30H,4-13,15H2,1-3H3,(H,31,32)(H4,25,26,27)/t16-,17+,18+,20-,21+/m0/s1. The summed E-state index contributed by atoms with van der Waals surface area (Å²) in [7, 11) is 1.46. The van der Waals surface area contributed by atoms with Crippen molar-refractivity contribution < 1.29 is 53.3 Å². The van der Waals surface area contributed by atoms with Gasteiger partial charge in [-0.2, -0.15) is 0 Å². The lowest BCUT2D eigenvalue weighted by atomic mass is 9.87. The van der Waals surface area contributed by atoms with Gasteiger partial charge in [-0.1, -0.05) is 13.8 Å². The first kappa shape index (κ1) is 34.3. The zero-order valence-corrected chi connectivity index (χ0v) is 22.9. The molecule has 1 aliphatic rings. The molecular formula is C24H44N4O11. The Kier molecular flexibility index (Phi) is 17.1.